The third-order valence-corrected chi connectivity index (χ3v) is 10.6. The number of nitrogens with zero attached hydrogens (tertiary/aromatic N) is 5. The van der Waals surface area contributed by atoms with E-state index >= 15 is 0 Å². The van der Waals surface area contributed by atoms with Gasteiger partial charge in [-0.2, -0.15) is 0 Å². The molecule has 4 aliphatic rings. The number of rotatable bonds is 9. The molecule has 1 aromatic carbocycles. The van der Waals surface area contributed by atoms with Gasteiger partial charge in [-0.25, -0.2) is 4.98 Å². The Hall–Kier alpha value is -5.96. The predicted octanol–water partition coefficient (Wildman–Crippen LogP) is 1.98. The number of hydrogen-bond donors (Lipinski definition) is 4. The Labute approximate surface area is 304 Å². The van der Waals surface area contributed by atoms with Crippen molar-refractivity contribution in [3.8, 4) is 0 Å². The normalized spacial score (nSPS) is 21.7. The van der Waals surface area contributed by atoms with Gasteiger partial charge in [-0.15, -0.1) is 0 Å². The van der Waals surface area contributed by atoms with Crippen LogP contribution in [0.3, 0.4) is 0 Å². The van der Waals surface area contributed by atoms with E-state index < -0.39 is 29.7 Å². The Balaban J connectivity index is 0.791. The van der Waals surface area contributed by atoms with Crippen molar-refractivity contribution in [2.45, 2.75) is 63.7 Å². The molecule has 15 heteroatoms. The number of piperazine rings is 1. The van der Waals surface area contributed by atoms with Gasteiger partial charge in [-0.05, 0) is 73.7 Å². The molecule has 1 aliphatic carbocycles. The van der Waals surface area contributed by atoms with Crippen LogP contribution in [0, 0.1) is 0 Å². The number of fused-ring (bicyclic) bond motifs is 2. The standard InChI is InChI=1S/C38H39N9O6/c1-2-22-14-30-31(43-34(22)49)13-21(18-39-30)20-45-9-11-46(12-10-45)26-4-6-29(40-19-26)35(50)42-25-15-24(16-25)41-23-3-5-27-28(17-23)38(53)47(37(27)52)32-7-8-33(48)44-36(32)51/h3-6,13-14,17-19,24-25,32,41H,2,7-12,15-16,20H2,1H3,(H,42,50)(H,43,49)(H,44,48,51)/t24-,25-,32?. The van der Waals surface area contributed by atoms with Crippen LogP contribution >= 0.6 is 0 Å². The molecule has 3 aliphatic heterocycles. The molecule has 8 rings (SSSR count). The van der Waals surface area contributed by atoms with E-state index in [4.69, 9.17) is 0 Å². The van der Waals surface area contributed by atoms with E-state index in [0.717, 1.165) is 65.5 Å². The number of imide groups is 2. The highest BCUT2D eigenvalue weighted by Crippen LogP contribution is 2.31. The van der Waals surface area contributed by atoms with Gasteiger partial charge < -0.3 is 20.5 Å². The van der Waals surface area contributed by atoms with Crippen LogP contribution in [0.1, 0.15) is 74.9 Å². The molecular formula is C38H39N9O6. The number of pyridine rings is 3. The average Bonchev–Trinajstić information content (AvgIpc) is 3.38. The fraction of sp³-hybridized carbons (Fsp3) is 0.368. The van der Waals surface area contributed by atoms with Gasteiger partial charge in [0.2, 0.25) is 11.8 Å². The molecule has 53 heavy (non-hydrogen) atoms. The molecule has 2 saturated heterocycles. The van der Waals surface area contributed by atoms with Crippen LogP contribution < -0.4 is 26.4 Å². The van der Waals surface area contributed by atoms with Gasteiger partial charge in [0.15, 0.2) is 0 Å². The highest BCUT2D eigenvalue weighted by molar-refractivity contribution is 6.23. The van der Waals surface area contributed by atoms with Crippen LogP contribution in [0.25, 0.3) is 11.0 Å². The summed E-state index contributed by atoms with van der Waals surface area (Å²) in [5.74, 6) is -2.39. The van der Waals surface area contributed by atoms with Crippen molar-refractivity contribution in [2.24, 2.45) is 0 Å². The second kappa shape index (κ2) is 13.9. The minimum absolute atomic E-state index is 0.0397. The first-order valence-electron chi connectivity index (χ1n) is 18.0. The topological polar surface area (TPSA) is 190 Å². The summed E-state index contributed by atoms with van der Waals surface area (Å²) in [4.78, 5) is 92.8. The lowest BCUT2D eigenvalue weighted by molar-refractivity contribution is -0.136. The molecular weight excluding hydrogens is 678 g/mol. The summed E-state index contributed by atoms with van der Waals surface area (Å²) in [5.41, 5.74) is 5.68. The van der Waals surface area contributed by atoms with Crippen molar-refractivity contribution in [1.29, 1.82) is 0 Å². The van der Waals surface area contributed by atoms with Crippen molar-refractivity contribution in [3.05, 3.63) is 93.2 Å². The van der Waals surface area contributed by atoms with E-state index in [9.17, 15) is 28.8 Å². The third-order valence-electron chi connectivity index (χ3n) is 10.6. The van der Waals surface area contributed by atoms with Crippen molar-refractivity contribution in [1.82, 2.24) is 35.4 Å². The third kappa shape index (κ3) is 6.75. The van der Waals surface area contributed by atoms with Crippen LogP contribution in [0.2, 0.25) is 0 Å². The van der Waals surface area contributed by atoms with Gasteiger partial charge in [0.05, 0.1) is 34.0 Å². The number of nitrogens with one attached hydrogen (secondary N) is 4. The summed E-state index contributed by atoms with van der Waals surface area (Å²) in [7, 11) is 0. The lowest BCUT2D eigenvalue weighted by atomic mass is 9.86. The minimum atomic E-state index is -1.01. The fourth-order valence-electron chi connectivity index (χ4n) is 7.56. The average molecular weight is 718 g/mol. The van der Waals surface area contributed by atoms with Crippen LogP contribution in [0.4, 0.5) is 11.4 Å². The van der Waals surface area contributed by atoms with E-state index in [-0.39, 0.29) is 47.5 Å². The molecule has 0 bridgehead atoms. The zero-order valence-corrected chi connectivity index (χ0v) is 29.2. The molecule has 4 aromatic rings. The first-order valence-corrected chi connectivity index (χ1v) is 18.0. The van der Waals surface area contributed by atoms with Crippen LogP contribution in [-0.4, -0.2) is 98.6 Å². The molecule has 1 unspecified atom stereocenters. The van der Waals surface area contributed by atoms with E-state index in [1.807, 2.05) is 31.3 Å². The molecule has 3 aromatic heterocycles. The lowest BCUT2D eigenvalue weighted by Crippen LogP contribution is -2.54. The lowest BCUT2D eigenvalue weighted by Gasteiger charge is -2.37. The van der Waals surface area contributed by atoms with Crippen LogP contribution in [0.5, 0.6) is 0 Å². The number of piperidine rings is 1. The Bertz CT molecular complexity index is 2210. The van der Waals surface area contributed by atoms with E-state index in [0.29, 0.717) is 30.6 Å². The Morgan fingerprint density at radius 1 is 0.887 bits per heavy atom. The molecule has 1 saturated carbocycles. The number of hydrogen-bond acceptors (Lipinski definition) is 11. The first-order chi connectivity index (χ1) is 25.6. The van der Waals surface area contributed by atoms with E-state index in [1.165, 1.54) is 0 Å². The van der Waals surface area contributed by atoms with Gasteiger partial charge in [0, 0.05) is 68.7 Å². The summed E-state index contributed by atoms with van der Waals surface area (Å²) in [6.45, 7) is 6.02. The van der Waals surface area contributed by atoms with E-state index in [2.05, 4.69) is 40.7 Å². The van der Waals surface area contributed by atoms with Gasteiger partial charge in [-0.1, -0.05) is 6.92 Å². The zero-order chi connectivity index (χ0) is 36.8. The zero-order valence-electron chi connectivity index (χ0n) is 29.2. The van der Waals surface area contributed by atoms with Gasteiger partial charge in [0.25, 0.3) is 23.3 Å². The summed E-state index contributed by atoms with van der Waals surface area (Å²) in [6, 6.07) is 11.5. The molecule has 1 atom stereocenters. The highest BCUT2D eigenvalue weighted by atomic mass is 16.2. The number of carbonyl (C=O) groups is 5. The smallest absolute Gasteiger partial charge is 0.270 e. The van der Waals surface area contributed by atoms with Gasteiger partial charge >= 0.3 is 0 Å². The number of aromatic amines is 1. The maximum absolute atomic E-state index is 13.1. The minimum Gasteiger partial charge on any atom is -0.382 e. The van der Waals surface area contributed by atoms with Crippen LogP contribution in [-0.2, 0) is 22.6 Å². The molecule has 15 nitrogen and oxygen atoms in total. The fourth-order valence-corrected chi connectivity index (χ4v) is 7.56. The maximum atomic E-state index is 13.1. The summed E-state index contributed by atoms with van der Waals surface area (Å²) in [5, 5.41) is 8.62. The van der Waals surface area contributed by atoms with Crippen molar-refractivity contribution >= 4 is 51.9 Å². The van der Waals surface area contributed by atoms with Crippen molar-refractivity contribution in [2.75, 3.05) is 36.4 Å². The molecule has 0 spiro atoms. The maximum Gasteiger partial charge on any atom is 0.270 e. The summed E-state index contributed by atoms with van der Waals surface area (Å²) in [6.07, 6.45) is 5.80. The first kappa shape index (κ1) is 34.1. The predicted molar refractivity (Wildman–Crippen MR) is 194 cm³/mol. The monoisotopic (exact) mass is 717 g/mol. The number of benzene rings is 1. The van der Waals surface area contributed by atoms with Gasteiger partial charge in [0.1, 0.15) is 11.7 Å². The number of aryl methyl sites for hydroxylation is 1. The highest BCUT2D eigenvalue weighted by Gasteiger charge is 2.44. The molecule has 272 valence electrons. The number of anilines is 2. The second-order valence-electron chi connectivity index (χ2n) is 14.1. The van der Waals surface area contributed by atoms with Gasteiger partial charge in [-0.3, -0.25) is 48.9 Å². The molecule has 5 amide bonds. The number of aromatic nitrogens is 3. The molecule has 4 N–H and O–H groups in total. The Morgan fingerprint density at radius 2 is 1.68 bits per heavy atom. The Morgan fingerprint density at radius 3 is 2.42 bits per heavy atom. The van der Waals surface area contributed by atoms with E-state index in [1.54, 1.807) is 30.5 Å². The van der Waals surface area contributed by atoms with Crippen molar-refractivity contribution in [3.63, 3.8) is 0 Å². The Kier molecular flexibility index (Phi) is 8.94. The molecule has 0 radical (unpaired) electrons. The van der Waals surface area contributed by atoms with Crippen molar-refractivity contribution < 1.29 is 24.0 Å². The number of carbonyl (C=O) groups excluding carboxylic acids is 5. The quantitative estimate of drug-likeness (QED) is 0.185. The van der Waals surface area contributed by atoms with Crippen LogP contribution in [0.15, 0.2) is 59.7 Å². The summed E-state index contributed by atoms with van der Waals surface area (Å²) >= 11 is 0. The molecule has 6 heterocycles. The number of amides is 5. The summed E-state index contributed by atoms with van der Waals surface area (Å²) < 4.78 is 0. The SMILES string of the molecule is CCc1cc2ncc(CN3CCN(c4ccc(C(=O)N[C@H]5C[C@H](Nc6ccc7c(c6)C(=O)N(C6CCC(=O)NC6=O)C7=O)C5)nc4)CC3)cc2[nH]c1=O. The second-order valence-corrected chi connectivity index (χ2v) is 14.1. The largest absolute Gasteiger partial charge is 0.382 e. The number of H-pyrrole nitrogens is 1. The molecule has 3 fully saturated rings.